The van der Waals surface area contributed by atoms with Crippen molar-refractivity contribution < 1.29 is 24.5 Å². The Hall–Kier alpha value is -2.08. The minimum absolute atomic E-state index is 0.0305. The first-order chi connectivity index (χ1) is 10.5. The predicted octanol–water partition coefficient (Wildman–Crippen LogP) is 1.67. The Kier molecular flexibility index (Phi) is 3.56. The highest BCUT2D eigenvalue weighted by Crippen LogP contribution is 2.62. The summed E-state index contributed by atoms with van der Waals surface area (Å²) in [4.78, 5) is 23.7. The fraction of sp³-hybridized carbons (Fsp3) is 0.500. The molecule has 1 amide bonds. The molecule has 118 valence electrons. The van der Waals surface area contributed by atoms with E-state index in [-0.39, 0.29) is 13.0 Å². The molecule has 22 heavy (non-hydrogen) atoms. The maximum atomic E-state index is 12.0. The van der Waals surface area contributed by atoms with Crippen molar-refractivity contribution in [3.05, 3.63) is 35.9 Å². The van der Waals surface area contributed by atoms with E-state index in [1.807, 2.05) is 30.3 Å². The second kappa shape index (κ2) is 5.28. The number of benzene rings is 1. The van der Waals surface area contributed by atoms with Crippen LogP contribution in [0.1, 0.15) is 31.2 Å². The summed E-state index contributed by atoms with van der Waals surface area (Å²) >= 11 is 0. The minimum atomic E-state index is -1.40. The number of aliphatic hydroxyl groups is 1. The summed E-state index contributed by atoms with van der Waals surface area (Å²) in [6.07, 6.45) is 0.685. The van der Waals surface area contributed by atoms with E-state index in [1.165, 1.54) is 0 Å². The van der Waals surface area contributed by atoms with Crippen LogP contribution in [0.25, 0.3) is 0 Å². The third kappa shape index (κ3) is 2.06. The molecule has 3 N–H and O–H groups in total. The number of aliphatic hydroxyl groups excluding tert-OH is 1. The van der Waals surface area contributed by atoms with Gasteiger partial charge in [-0.2, -0.15) is 0 Å². The van der Waals surface area contributed by atoms with Crippen molar-refractivity contribution in [2.24, 2.45) is 5.41 Å². The largest absolute Gasteiger partial charge is 0.479 e. The summed E-state index contributed by atoms with van der Waals surface area (Å²) < 4.78 is 5.11. The van der Waals surface area contributed by atoms with Crippen molar-refractivity contribution in [3.63, 3.8) is 0 Å². The normalized spacial score (nSPS) is 28.3. The van der Waals surface area contributed by atoms with Gasteiger partial charge in [0.1, 0.15) is 6.61 Å². The molecule has 1 aromatic carbocycles. The topological polar surface area (TPSA) is 95.9 Å². The Morgan fingerprint density at radius 3 is 2.45 bits per heavy atom. The van der Waals surface area contributed by atoms with E-state index < -0.39 is 29.1 Å². The fourth-order valence-electron chi connectivity index (χ4n) is 3.62. The molecular formula is C16H19NO5. The number of rotatable bonds is 4. The van der Waals surface area contributed by atoms with Crippen molar-refractivity contribution in [2.45, 2.75) is 43.9 Å². The summed E-state index contributed by atoms with van der Waals surface area (Å²) in [5.41, 5.74) is -1.31. The van der Waals surface area contributed by atoms with Crippen molar-refractivity contribution in [3.8, 4) is 0 Å². The summed E-state index contributed by atoms with van der Waals surface area (Å²) in [6, 6.07) is 9.17. The first kappa shape index (κ1) is 14.8. The third-order valence-corrected chi connectivity index (χ3v) is 5.13. The average Bonchev–Trinajstić information content (AvgIpc) is 2.43. The van der Waals surface area contributed by atoms with E-state index in [0.717, 1.165) is 12.0 Å². The van der Waals surface area contributed by atoms with Crippen LogP contribution in [-0.4, -0.2) is 33.9 Å². The molecule has 0 aliphatic heterocycles. The first-order valence-electron chi connectivity index (χ1n) is 7.40. The highest BCUT2D eigenvalue weighted by Gasteiger charge is 2.72. The monoisotopic (exact) mass is 305 g/mol. The Labute approximate surface area is 128 Å². The lowest BCUT2D eigenvalue weighted by Gasteiger charge is -2.64. The van der Waals surface area contributed by atoms with Gasteiger partial charge in [0, 0.05) is 11.8 Å². The van der Waals surface area contributed by atoms with Gasteiger partial charge >= 0.3 is 12.1 Å². The lowest BCUT2D eigenvalue weighted by atomic mass is 9.43. The number of carbonyl (C=O) groups excluding carboxylic acids is 1. The zero-order valence-electron chi connectivity index (χ0n) is 12.1. The molecule has 0 heterocycles. The summed E-state index contributed by atoms with van der Waals surface area (Å²) in [5.74, 6) is -1.10. The molecule has 2 saturated carbocycles. The van der Waals surface area contributed by atoms with E-state index in [4.69, 9.17) is 4.74 Å². The average molecular weight is 305 g/mol. The van der Waals surface area contributed by atoms with Crippen LogP contribution >= 0.6 is 0 Å². The Balaban J connectivity index is 1.65. The number of amides is 1. The quantitative estimate of drug-likeness (QED) is 0.786. The highest BCUT2D eigenvalue weighted by atomic mass is 16.5. The number of aliphatic carboxylic acids is 1. The third-order valence-electron chi connectivity index (χ3n) is 5.13. The minimum Gasteiger partial charge on any atom is -0.479 e. The molecule has 0 bridgehead atoms. The lowest BCUT2D eigenvalue weighted by Crippen LogP contribution is -2.79. The van der Waals surface area contributed by atoms with Crippen LogP contribution in [0.5, 0.6) is 0 Å². The Morgan fingerprint density at radius 2 is 1.95 bits per heavy atom. The van der Waals surface area contributed by atoms with Crippen LogP contribution in [-0.2, 0) is 16.1 Å². The van der Waals surface area contributed by atoms with Crippen molar-refractivity contribution >= 4 is 12.1 Å². The van der Waals surface area contributed by atoms with Crippen molar-refractivity contribution in [2.75, 3.05) is 0 Å². The van der Waals surface area contributed by atoms with Crippen molar-refractivity contribution in [1.29, 1.82) is 0 Å². The molecule has 0 aromatic heterocycles. The molecule has 0 unspecified atom stereocenters. The molecule has 2 aliphatic rings. The van der Waals surface area contributed by atoms with E-state index in [9.17, 15) is 19.8 Å². The number of carboxylic acid groups (broad SMARTS) is 1. The number of hydrogen-bond donors (Lipinski definition) is 3. The molecular weight excluding hydrogens is 286 g/mol. The van der Waals surface area contributed by atoms with Gasteiger partial charge in [0.05, 0.1) is 6.10 Å². The van der Waals surface area contributed by atoms with E-state index in [1.54, 1.807) is 0 Å². The van der Waals surface area contributed by atoms with E-state index in [2.05, 4.69) is 5.32 Å². The molecule has 3 rings (SSSR count). The molecule has 6 nitrogen and oxygen atoms in total. The van der Waals surface area contributed by atoms with Crippen molar-refractivity contribution in [1.82, 2.24) is 5.32 Å². The van der Waals surface area contributed by atoms with Crippen LogP contribution in [0.15, 0.2) is 30.3 Å². The number of nitrogens with one attached hydrogen (secondary N) is 1. The second-order valence-corrected chi connectivity index (χ2v) is 6.13. The van der Waals surface area contributed by atoms with E-state index >= 15 is 0 Å². The van der Waals surface area contributed by atoms with Gasteiger partial charge in [-0.15, -0.1) is 0 Å². The van der Waals surface area contributed by atoms with Gasteiger partial charge < -0.3 is 20.3 Å². The van der Waals surface area contributed by atoms with Gasteiger partial charge in [0.15, 0.2) is 5.54 Å². The highest BCUT2D eigenvalue weighted by molar-refractivity contribution is 5.87. The molecule has 1 aromatic rings. The second-order valence-electron chi connectivity index (χ2n) is 6.13. The molecule has 0 radical (unpaired) electrons. The Morgan fingerprint density at radius 1 is 1.27 bits per heavy atom. The van der Waals surface area contributed by atoms with Crippen LogP contribution in [0.3, 0.4) is 0 Å². The lowest BCUT2D eigenvalue weighted by molar-refractivity contribution is -0.212. The Bertz CT molecular complexity index is 583. The molecule has 6 heteroatoms. The van der Waals surface area contributed by atoms with Crippen LogP contribution in [0, 0.1) is 5.41 Å². The maximum Gasteiger partial charge on any atom is 0.408 e. The zero-order valence-corrected chi connectivity index (χ0v) is 12.1. The molecule has 0 saturated heterocycles. The number of ether oxygens (including phenoxy) is 1. The molecule has 2 atom stereocenters. The van der Waals surface area contributed by atoms with Crippen LogP contribution in [0.4, 0.5) is 4.79 Å². The number of carbonyl (C=O) groups is 2. The van der Waals surface area contributed by atoms with Gasteiger partial charge in [0.2, 0.25) is 0 Å². The van der Waals surface area contributed by atoms with Gasteiger partial charge in [0.25, 0.3) is 0 Å². The SMILES string of the molecule is O=C(N[C@@]1(C(=O)O)C[C@@H](O)C12CCC2)OCc1ccccc1. The fourth-order valence-corrected chi connectivity index (χ4v) is 3.62. The predicted molar refractivity (Wildman–Crippen MR) is 77.0 cm³/mol. The van der Waals surface area contributed by atoms with Gasteiger partial charge in [-0.25, -0.2) is 9.59 Å². The van der Waals surface area contributed by atoms with Gasteiger partial charge in [-0.1, -0.05) is 36.8 Å². The van der Waals surface area contributed by atoms with Crippen LogP contribution < -0.4 is 5.32 Å². The summed E-state index contributed by atoms with van der Waals surface area (Å²) in [5, 5.41) is 22.0. The molecule has 2 fully saturated rings. The van der Waals surface area contributed by atoms with Gasteiger partial charge in [-0.05, 0) is 18.4 Å². The molecule has 1 spiro atoms. The number of alkyl carbamates (subject to hydrolysis) is 1. The number of carboxylic acids is 1. The number of hydrogen-bond acceptors (Lipinski definition) is 4. The molecule has 2 aliphatic carbocycles. The summed E-state index contributed by atoms with van der Waals surface area (Å²) in [6.45, 7) is 0.0813. The maximum absolute atomic E-state index is 12.0. The van der Waals surface area contributed by atoms with Gasteiger partial charge in [-0.3, -0.25) is 0 Å². The zero-order chi connectivity index (χ0) is 15.8. The standard InChI is InChI=1S/C16H19NO5/c18-12-9-16(13(19)20,15(12)7-4-8-15)17-14(21)22-10-11-5-2-1-3-6-11/h1-3,5-6,12,18H,4,7-10H2,(H,17,21)(H,19,20)/t12-,16-/m1/s1. The smallest absolute Gasteiger partial charge is 0.408 e. The van der Waals surface area contributed by atoms with E-state index in [0.29, 0.717) is 12.8 Å². The summed E-state index contributed by atoms with van der Waals surface area (Å²) in [7, 11) is 0. The van der Waals surface area contributed by atoms with Crippen LogP contribution in [0.2, 0.25) is 0 Å². The first-order valence-corrected chi connectivity index (χ1v) is 7.40.